The predicted octanol–water partition coefficient (Wildman–Crippen LogP) is 2.95. The highest BCUT2D eigenvalue weighted by Gasteiger charge is 2.29. The van der Waals surface area contributed by atoms with E-state index >= 15 is 0 Å². The van der Waals surface area contributed by atoms with Crippen LogP contribution in [-0.2, 0) is 4.74 Å². The Kier molecular flexibility index (Phi) is 6.07. The highest BCUT2D eigenvalue weighted by atomic mass is 32.1. The van der Waals surface area contributed by atoms with Crippen LogP contribution in [0.3, 0.4) is 0 Å². The SMILES string of the molecule is COc1ccc(C(=O)N[C@H](C)[C@@H](c2cccs2)N2CCOCC2)cc1. The molecule has 0 aliphatic carbocycles. The summed E-state index contributed by atoms with van der Waals surface area (Å²) in [6.07, 6.45) is 0. The summed E-state index contributed by atoms with van der Waals surface area (Å²) in [7, 11) is 1.62. The molecular formula is C19H24N2O3S. The zero-order valence-electron chi connectivity index (χ0n) is 14.6. The van der Waals surface area contributed by atoms with E-state index in [4.69, 9.17) is 9.47 Å². The van der Waals surface area contributed by atoms with E-state index in [9.17, 15) is 4.79 Å². The molecule has 2 atom stereocenters. The number of rotatable bonds is 6. The summed E-state index contributed by atoms with van der Waals surface area (Å²) in [5.74, 6) is 0.680. The Balaban J connectivity index is 1.72. The van der Waals surface area contributed by atoms with Crippen molar-refractivity contribution < 1.29 is 14.3 Å². The third-order valence-electron chi connectivity index (χ3n) is 4.46. The highest BCUT2D eigenvalue weighted by Crippen LogP contribution is 2.29. The highest BCUT2D eigenvalue weighted by molar-refractivity contribution is 7.10. The number of nitrogens with one attached hydrogen (secondary N) is 1. The monoisotopic (exact) mass is 360 g/mol. The summed E-state index contributed by atoms with van der Waals surface area (Å²) in [5.41, 5.74) is 0.638. The number of morpholine rings is 1. The lowest BCUT2D eigenvalue weighted by molar-refractivity contribution is 0.00969. The van der Waals surface area contributed by atoms with E-state index < -0.39 is 0 Å². The van der Waals surface area contributed by atoms with Gasteiger partial charge in [-0.25, -0.2) is 0 Å². The van der Waals surface area contributed by atoms with Gasteiger partial charge in [-0.3, -0.25) is 9.69 Å². The first-order valence-electron chi connectivity index (χ1n) is 8.49. The summed E-state index contributed by atoms with van der Waals surface area (Å²) < 4.78 is 10.6. The van der Waals surface area contributed by atoms with Gasteiger partial charge in [-0.1, -0.05) is 6.07 Å². The maximum atomic E-state index is 12.6. The molecule has 1 saturated heterocycles. The van der Waals surface area contributed by atoms with E-state index in [0.29, 0.717) is 5.56 Å². The minimum absolute atomic E-state index is 0.00801. The van der Waals surface area contributed by atoms with Crippen molar-refractivity contribution in [3.05, 3.63) is 52.2 Å². The first kappa shape index (κ1) is 17.9. The van der Waals surface area contributed by atoms with Crippen molar-refractivity contribution in [3.63, 3.8) is 0 Å². The quantitative estimate of drug-likeness (QED) is 0.861. The van der Waals surface area contributed by atoms with Gasteiger partial charge in [0.15, 0.2) is 0 Å². The Morgan fingerprint density at radius 1 is 1.24 bits per heavy atom. The van der Waals surface area contributed by atoms with Gasteiger partial charge in [-0.15, -0.1) is 11.3 Å². The average Bonchev–Trinajstić information content (AvgIpc) is 3.17. The molecule has 2 heterocycles. The van der Waals surface area contributed by atoms with Crippen molar-refractivity contribution in [1.29, 1.82) is 0 Å². The van der Waals surface area contributed by atoms with Crippen molar-refractivity contribution in [1.82, 2.24) is 10.2 Å². The second kappa shape index (κ2) is 8.47. The van der Waals surface area contributed by atoms with Crippen LogP contribution >= 0.6 is 11.3 Å². The van der Waals surface area contributed by atoms with Crippen molar-refractivity contribution in [2.45, 2.75) is 19.0 Å². The first-order chi connectivity index (χ1) is 12.2. The molecule has 1 N–H and O–H groups in total. The zero-order valence-corrected chi connectivity index (χ0v) is 15.4. The van der Waals surface area contributed by atoms with Crippen molar-refractivity contribution in [2.24, 2.45) is 0 Å². The largest absolute Gasteiger partial charge is 0.497 e. The number of benzene rings is 1. The maximum absolute atomic E-state index is 12.6. The van der Waals surface area contributed by atoms with Gasteiger partial charge in [0.05, 0.1) is 26.4 Å². The van der Waals surface area contributed by atoms with Crippen LogP contribution in [0.1, 0.15) is 28.2 Å². The number of ether oxygens (including phenoxy) is 2. The van der Waals surface area contributed by atoms with Crippen LogP contribution in [0.2, 0.25) is 0 Å². The minimum atomic E-state index is -0.0648. The molecule has 1 aliphatic heterocycles. The predicted molar refractivity (Wildman–Crippen MR) is 99.4 cm³/mol. The van der Waals surface area contributed by atoms with E-state index in [2.05, 4.69) is 34.7 Å². The Labute approximate surface area is 152 Å². The summed E-state index contributed by atoms with van der Waals surface area (Å²) in [6.45, 7) is 5.31. The Morgan fingerprint density at radius 2 is 1.96 bits per heavy atom. The topological polar surface area (TPSA) is 50.8 Å². The summed E-state index contributed by atoms with van der Waals surface area (Å²) in [4.78, 5) is 16.3. The number of nitrogens with zero attached hydrogens (tertiary/aromatic N) is 1. The van der Waals surface area contributed by atoms with Crippen LogP contribution in [0.15, 0.2) is 41.8 Å². The molecule has 134 valence electrons. The lowest BCUT2D eigenvalue weighted by atomic mass is 10.0. The number of carbonyl (C=O) groups is 1. The number of hydrogen-bond acceptors (Lipinski definition) is 5. The lowest BCUT2D eigenvalue weighted by Crippen LogP contribution is -2.48. The number of methoxy groups -OCH3 is 1. The van der Waals surface area contributed by atoms with Crippen molar-refractivity contribution in [2.75, 3.05) is 33.4 Å². The molecule has 6 heteroatoms. The van der Waals surface area contributed by atoms with Crippen LogP contribution in [-0.4, -0.2) is 50.3 Å². The molecule has 3 rings (SSSR count). The molecule has 0 bridgehead atoms. The van der Waals surface area contributed by atoms with Crippen LogP contribution in [0.4, 0.5) is 0 Å². The fourth-order valence-corrected chi connectivity index (χ4v) is 4.13. The molecule has 0 radical (unpaired) electrons. The van der Waals surface area contributed by atoms with E-state index in [1.807, 2.05) is 0 Å². The second-order valence-corrected chi connectivity index (χ2v) is 7.08. The second-order valence-electron chi connectivity index (χ2n) is 6.10. The average molecular weight is 360 g/mol. The molecule has 25 heavy (non-hydrogen) atoms. The van der Waals surface area contributed by atoms with E-state index in [0.717, 1.165) is 32.1 Å². The molecule has 1 fully saturated rings. The van der Waals surface area contributed by atoms with Gasteiger partial charge < -0.3 is 14.8 Å². The van der Waals surface area contributed by atoms with Crippen molar-refractivity contribution >= 4 is 17.2 Å². The molecule has 1 aromatic carbocycles. The van der Waals surface area contributed by atoms with Gasteiger partial charge >= 0.3 is 0 Å². The lowest BCUT2D eigenvalue weighted by Gasteiger charge is -2.37. The molecule has 2 aromatic rings. The van der Waals surface area contributed by atoms with E-state index in [1.165, 1.54) is 4.88 Å². The summed E-state index contributed by atoms with van der Waals surface area (Å²) in [6, 6.07) is 11.5. The smallest absolute Gasteiger partial charge is 0.251 e. The molecule has 5 nitrogen and oxygen atoms in total. The Bertz CT molecular complexity index is 666. The van der Waals surface area contributed by atoms with Crippen LogP contribution in [0, 0.1) is 0 Å². The summed E-state index contributed by atoms with van der Waals surface area (Å²) >= 11 is 1.73. The minimum Gasteiger partial charge on any atom is -0.497 e. The molecule has 1 aromatic heterocycles. The normalized spacial score (nSPS) is 17.7. The van der Waals surface area contributed by atoms with Crippen LogP contribution < -0.4 is 10.1 Å². The number of hydrogen-bond donors (Lipinski definition) is 1. The fourth-order valence-electron chi connectivity index (χ4n) is 3.17. The van der Waals surface area contributed by atoms with Gasteiger partial charge in [0.25, 0.3) is 5.91 Å². The molecule has 0 saturated carbocycles. The first-order valence-corrected chi connectivity index (χ1v) is 9.37. The third kappa shape index (κ3) is 4.39. The van der Waals surface area contributed by atoms with Crippen molar-refractivity contribution in [3.8, 4) is 5.75 Å². The number of thiophene rings is 1. The van der Waals surface area contributed by atoms with E-state index in [-0.39, 0.29) is 18.0 Å². The fraction of sp³-hybridized carbons (Fsp3) is 0.421. The number of amides is 1. The molecule has 1 aliphatic rings. The maximum Gasteiger partial charge on any atom is 0.251 e. The summed E-state index contributed by atoms with van der Waals surface area (Å²) in [5, 5.41) is 5.25. The van der Waals surface area contributed by atoms with Crippen LogP contribution in [0.5, 0.6) is 5.75 Å². The Hall–Kier alpha value is -1.89. The van der Waals surface area contributed by atoms with Gasteiger partial charge in [0.2, 0.25) is 0 Å². The molecular weight excluding hydrogens is 336 g/mol. The van der Waals surface area contributed by atoms with Gasteiger partial charge in [-0.2, -0.15) is 0 Å². The standard InChI is InChI=1S/C19H24N2O3S/c1-14(20-19(22)15-5-7-16(23-2)8-6-15)18(17-4-3-13-25-17)21-9-11-24-12-10-21/h3-8,13-14,18H,9-12H2,1-2H3,(H,20,22)/t14-,18+/m1/s1. The van der Waals surface area contributed by atoms with E-state index in [1.54, 1.807) is 42.7 Å². The third-order valence-corrected chi connectivity index (χ3v) is 5.40. The number of carbonyl (C=O) groups excluding carboxylic acids is 1. The van der Waals surface area contributed by atoms with Gasteiger partial charge in [-0.05, 0) is 42.6 Å². The van der Waals surface area contributed by atoms with Gasteiger partial charge in [0.1, 0.15) is 5.75 Å². The Morgan fingerprint density at radius 3 is 2.56 bits per heavy atom. The van der Waals surface area contributed by atoms with Crippen LogP contribution in [0.25, 0.3) is 0 Å². The molecule has 1 amide bonds. The zero-order chi connectivity index (χ0) is 17.6. The molecule has 0 unspecified atom stereocenters. The molecule has 0 spiro atoms. The van der Waals surface area contributed by atoms with Gasteiger partial charge in [0, 0.05) is 29.6 Å².